The Balaban J connectivity index is 2.44. The van der Waals surface area contributed by atoms with E-state index in [0.29, 0.717) is 23.6 Å². The van der Waals surface area contributed by atoms with Crippen LogP contribution in [0.2, 0.25) is 5.02 Å². The number of carbonyl (C=O) groups is 2. The summed E-state index contributed by atoms with van der Waals surface area (Å²) in [6.45, 7) is 3.80. The third kappa shape index (κ3) is 6.40. The Kier molecular flexibility index (Phi) is 6.88. The van der Waals surface area contributed by atoms with Crippen LogP contribution >= 0.6 is 11.6 Å². The first kappa shape index (κ1) is 17.2. The third-order valence-corrected chi connectivity index (χ3v) is 2.95. The van der Waals surface area contributed by atoms with E-state index >= 15 is 0 Å². The molecule has 0 bridgehead atoms. The molecule has 0 spiro atoms. The molecule has 0 aliphatic heterocycles. The summed E-state index contributed by atoms with van der Waals surface area (Å²) in [5.74, 6) is -0.651. The van der Waals surface area contributed by atoms with Crippen LogP contribution < -0.4 is 5.32 Å². The average molecular weight is 311 g/mol. The van der Waals surface area contributed by atoms with E-state index in [-0.39, 0.29) is 24.1 Å². The maximum absolute atomic E-state index is 12.0. The molecule has 2 N–H and O–H groups in total. The summed E-state index contributed by atoms with van der Waals surface area (Å²) in [4.78, 5) is 23.2. The van der Waals surface area contributed by atoms with E-state index < -0.39 is 5.97 Å². The molecule has 0 saturated heterocycles. The van der Waals surface area contributed by atoms with Crippen LogP contribution in [0, 0.1) is 5.41 Å². The molecule has 0 saturated carbocycles. The molecule has 5 nitrogen and oxygen atoms in total. The van der Waals surface area contributed by atoms with Crippen molar-refractivity contribution in [3.63, 3.8) is 0 Å². The Labute approximate surface area is 129 Å². The normalized spacial score (nSPS) is 11.6. The van der Waals surface area contributed by atoms with Gasteiger partial charge in [-0.1, -0.05) is 11.6 Å². The molecular weight excluding hydrogens is 292 g/mol. The second-order valence-corrected chi connectivity index (χ2v) is 5.11. The molecule has 0 heterocycles. The molecule has 1 atom stereocenters. The van der Waals surface area contributed by atoms with Gasteiger partial charge in [0.2, 0.25) is 0 Å². The fraction of sp³-hybridized carbons (Fsp3) is 0.400. The third-order valence-electron chi connectivity index (χ3n) is 2.70. The van der Waals surface area contributed by atoms with Gasteiger partial charge in [-0.25, -0.2) is 0 Å². The topological polar surface area (TPSA) is 79.2 Å². The molecule has 0 fully saturated rings. The Hall–Kier alpha value is -1.88. The molecule has 1 rings (SSSR count). The Morgan fingerprint density at radius 3 is 2.52 bits per heavy atom. The lowest BCUT2D eigenvalue weighted by Gasteiger charge is -2.14. The first-order chi connectivity index (χ1) is 9.92. The number of nitrogens with one attached hydrogen (secondary N) is 2. The van der Waals surface area contributed by atoms with Crippen LogP contribution in [0.3, 0.4) is 0 Å². The monoisotopic (exact) mass is 310 g/mol. The SMILES string of the molecule is CCOC(=O)CC(=N)C[C@@H](C)NC(=O)c1ccc(Cl)cc1. The lowest BCUT2D eigenvalue weighted by molar-refractivity contribution is -0.141. The number of benzene rings is 1. The highest BCUT2D eigenvalue weighted by atomic mass is 35.5. The van der Waals surface area contributed by atoms with Crippen LogP contribution in [0.1, 0.15) is 37.0 Å². The lowest BCUT2D eigenvalue weighted by Crippen LogP contribution is -2.34. The van der Waals surface area contributed by atoms with Crippen LogP contribution in [-0.2, 0) is 9.53 Å². The van der Waals surface area contributed by atoms with Gasteiger partial charge in [0.05, 0.1) is 13.0 Å². The van der Waals surface area contributed by atoms with Gasteiger partial charge < -0.3 is 15.5 Å². The van der Waals surface area contributed by atoms with Crippen molar-refractivity contribution in [2.45, 2.75) is 32.7 Å². The molecule has 0 radical (unpaired) electrons. The predicted octanol–water partition coefficient (Wildman–Crippen LogP) is 2.82. The summed E-state index contributed by atoms with van der Waals surface area (Å²) < 4.78 is 4.78. The van der Waals surface area contributed by atoms with Crippen molar-refractivity contribution in [3.05, 3.63) is 34.9 Å². The van der Waals surface area contributed by atoms with Crippen molar-refractivity contribution in [2.75, 3.05) is 6.61 Å². The van der Waals surface area contributed by atoms with Crippen LogP contribution in [0.5, 0.6) is 0 Å². The van der Waals surface area contributed by atoms with Crippen LogP contribution in [0.25, 0.3) is 0 Å². The number of halogens is 1. The molecule has 0 aliphatic carbocycles. The van der Waals surface area contributed by atoms with Crippen molar-refractivity contribution < 1.29 is 14.3 Å². The van der Waals surface area contributed by atoms with Crippen LogP contribution in [0.4, 0.5) is 0 Å². The molecule has 0 unspecified atom stereocenters. The number of ether oxygens (including phenoxy) is 1. The second kappa shape index (κ2) is 8.42. The minimum absolute atomic E-state index is 0.0466. The zero-order valence-corrected chi connectivity index (χ0v) is 12.9. The van der Waals surface area contributed by atoms with Crippen LogP contribution in [0.15, 0.2) is 24.3 Å². The van der Waals surface area contributed by atoms with Crippen LogP contribution in [-0.4, -0.2) is 30.2 Å². The molecule has 0 aromatic heterocycles. The molecule has 114 valence electrons. The van der Waals surface area contributed by atoms with Crippen molar-refractivity contribution in [1.29, 1.82) is 5.41 Å². The molecule has 1 aromatic rings. The fourth-order valence-electron chi connectivity index (χ4n) is 1.79. The summed E-state index contributed by atoms with van der Waals surface area (Å²) in [6, 6.07) is 6.31. The first-order valence-electron chi connectivity index (χ1n) is 6.70. The van der Waals surface area contributed by atoms with Gasteiger partial charge >= 0.3 is 5.97 Å². The van der Waals surface area contributed by atoms with Gasteiger partial charge in [0, 0.05) is 28.8 Å². The van der Waals surface area contributed by atoms with Gasteiger partial charge in [0.25, 0.3) is 5.91 Å². The quantitative estimate of drug-likeness (QED) is 0.600. The largest absolute Gasteiger partial charge is 0.466 e. The van der Waals surface area contributed by atoms with E-state index in [2.05, 4.69) is 5.32 Å². The summed E-state index contributed by atoms with van der Waals surface area (Å²) in [5.41, 5.74) is 0.737. The van der Waals surface area contributed by atoms with Gasteiger partial charge in [-0.3, -0.25) is 9.59 Å². The first-order valence-corrected chi connectivity index (χ1v) is 7.08. The highest BCUT2D eigenvalue weighted by Crippen LogP contribution is 2.10. The summed E-state index contributed by atoms with van der Waals surface area (Å²) in [5, 5.41) is 11.1. The van der Waals surface area contributed by atoms with E-state index in [0.717, 1.165) is 0 Å². The van der Waals surface area contributed by atoms with Gasteiger partial charge in [0.15, 0.2) is 0 Å². The highest BCUT2D eigenvalue weighted by Gasteiger charge is 2.14. The summed E-state index contributed by atoms with van der Waals surface area (Å²) in [7, 11) is 0. The minimum Gasteiger partial charge on any atom is -0.466 e. The number of carbonyl (C=O) groups excluding carboxylic acids is 2. The van der Waals surface area contributed by atoms with Crippen molar-refractivity contribution in [3.8, 4) is 0 Å². The van der Waals surface area contributed by atoms with Crippen molar-refractivity contribution in [1.82, 2.24) is 5.32 Å². The Bertz CT molecular complexity index is 514. The zero-order chi connectivity index (χ0) is 15.8. The number of amides is 1. The Morgan fingerprint density at radius 2 is 1.95 bits per heavy atom. The van der Waals surface area contributed by atoms with Gasteiger partial charge in [0.1, 0.15) is 0 Å². The second-order valence-electron chi connectivity index (χ2n) is 4.67. The molecule has 1 aromatic carbocycles. The summed E-state index contributed by atoms with van der Waals surface area (Å²) >= 11 is 5.76. The molecule has 6 heteroatoms. The minimum atomic E-state index is -0.418. The van der Waals surface area contributed by atoms with Gasteiger partial charge in [-0.05, 0) is 38.1 Å². The highest BCUT2D eigenvalue weighted by molar-refractivity contribution is 6.30. The van der Waals surface area contributed by atoms with E-state index in [9.17, 15) is 9.59 Å². The van der Waals surface area contributed by atoms with E-state index in [1.54, 1.807) is 38.1 Å². The maximum Gasteiger partial charge on any atom is 0.311 e. The predicted molar refractivity (Wildman–Crippen MR) is 82.0 cm³/mol. The molecular formula is C15H19ClN2O3. The van der Waals surface area contributed by atoms with E-state index in [4.69, 9.17) is 21.7 Å². The average Bonchev–Trinajstić information content (AvgIpc) is 2.38. The number of rotatable bonds is 7. The Morgan fingerprint density at radius 1 is 1.33 bits per heavy atom. The lowest BCUT2D eigenvalue weighted by atomic mass is 10.1. The summed E-state index contributed by atoms with van der Waals surface area (Å²) in [6.07, 6.45) is 0.257. The number of hydrogen-bond acceptors (Lipinski definition) is 4. The smallest absolute Gasteiger partial charge is 0.311 e. The molecule has 21 heavy (non-hydrogen) atoms. The van der Waals surface area contributed by atoms with Crippen molar-refractivity contribution in [2.24, 2.45) is 0 Å². The molecule has 1 amide bonds. The van der Waals surface area contributed by atoms with Gasteiger partial charge in [-0.2, -0.15) is 0 Å². The van der Waals surface area contributed by atoms with E-state index in [1.807, 2.05) is 0 Å². The number of esters is 1. The zero-order valence-electron chi connectivity index (χ0n) is 12.1. The number of hydrogen-bond donors (Lipinski definition) is 2. The fourth-order valence-corrected chi connectivity index (χ4v) is 1.91. The van der Waals surface area contributed by atoms with Gasteiger partial charge in [-0.15, -0.1) is 0 Å². The maximum atomic E-state index is 12.0. The van der Waals surface area contributed by atoms with Crippen molar-refractivity contribution >= 4 is 29.2 Å². The van der Waals surface area contributed by atoms with E-state index in [1.165, 1.54) is 0 Å². The molecule has 0 aliphatic rings. The standard InChI is InChI=1S/C15H19ClN2O3/c1-3-21-14(19)9-13(17)8-10(2)18-15(20)11-4-6-12(16)7-5-11/h4-7,10,17H,3,8-9H2,1-2H3,(H,18,20)/t10-/m1/s1.